The topological polar surface area (TPSA) is 12.0 Å². The third-order valence-electron chi connectivity index (χ3n) is 3.30. The van der Waals surface area contributed by atoms with Crippen LogP contribution in [0.1, 0.15) is 25.0 Å². The van der Waals surface area contributed by atoms with Gasteiger partial charge in [0.15, 0.2) is 0 Å². The van der Waals surface area contributed by atoms with Crippen LogP contribution in [0.25, 0.3) is 11.1 Å². The SMILES string of the molecule is CNCc1ccc(-c2cccc(CC(C)C)c2)c(Cl)c1. The molecule has 0 unspecified atom stereocenters. The average molecular weight is 288 g/mol. The Hall–Kier alpha value is -1.31. The van der Waals surface area contributed by atoms with Gasteiger partial charge in [-0.1, -0.05) is 61.8 Å². The van der Waals surface area contributed by atoms with E-state index < -0.39 is 0 Å². The Morgan fingerprint density at radius 2 is 1.85 bits per heavy atom. The lowest BCUT2D eigenvalue weighted by atomic mass is 9.97. The lowest BCUT2D eigenvalue weighted by Crippen LogP contribution is -2.04. The second-order valence-electron chi connectivity index (χ2n) is 5.64. The third-order valence-corrected chi connectivity index (χ3v) is 3.61. The highest BCUT2D eigenvalue weighted by atomic mass is 35.5. The number of rotatable bonds is 5. The lowest BCUT2D eigenvalue weighted by molar-refractivity contribution is 0.647. The summed E-state index contributed by atoms with van der Waals surface area (Å²) in [7, 11) is 1.94. The van der Waals surface area contributed by atoms with E-state index in [1.165, 1.54) is 16.7 Å². The Balaban J connectivity index is 2.31. The summed E-state index contributed by atoms with van der Waals surface area (Å²) < 4.78 is 0. The van der Waals surface area contributed by atoms with Crippen molar-refractivity contribution in [1.29, 1.82) is 0 Å². The number of nitrogens with one attached hydrogen (secondary N) is 1. The quantitative estimate of drug-likeness (QED) is 0.822. The van der Waals surface area contributed by atoms with Gasteiger partial charge in [0.25, 0.3) is 0 Å². The normalized spacial score (nSPS) is 11.1. The molecule has 0 saturated carbocycles. The zero-order valence-electron chi connectivity index (χ0n) is 12.4. The Bertz CT molecular complexity index is 575. The molecule has 1 nitrogen and oxygen atoms in total. The summed E-state index contributed by atoms with van der Waals surface area (Å²) in [4.78, 5) is 0. The zero-order chi connectivity index (χ0) is 14.5. The Morgan fingerprint density at radius 3 is 2.50 bits per heavy atom. The summed E-state index contributed by atoms with van der Waals surface area (Å²) in [5, 5.41) is 3.96. The molecule has 0 heterocycles. The minimum absolute atomic E-state index is 0.665. The molecule has 0 aliphatic carbocycles. The third kappa shape index (κ3) is 3.84. The molecule has 2 rings (SSSR count). The fourth-order valence-corrected chi connectivity index (χ4v) is 2.76. The first-order valence-corrected chi connectivity index (χ1v) is 7.50. The monoisotopic (exact) mass is 287 g/mol. The molecule has 0 aliphatic heterocycles. The first-order valence-electron chi connectivity index (χ1n) is 7.12. The fraction of sp³-hybridized carbons (Fsp3) is 0.333. The zero-order valence-corrected chi connectivity index (χ0v) is 13.2. The standard InChI is InChI=1S/C18H22ClN/c1-13(2)9-14-5-4-6-16(10-14)17-8-7-15(12-20-3)11-18(17)19/h4-8,10-11,13,20H,9,12H2,1-3H3. The van der Waals surface area contributed by atoms with Gasteiger partial charge >= 0.3 is 0 Å². The second kappa shape index (κ2) is 6.92. The molecule has 0 atom stereocenters. The van der Waals surface area contributed by atoms with Crippen LogP contribution in [-0.2, 0) is 13.0 Å². The highest BCUT2D eigenvalue weighted by Gasteiger charge is 2.06. The van der Waals surface area contributed by atoms with Crippen LogP contribution in [0.4, 0.5) is 0 Å². The summed E-state index contributed by atoms with van der Waals surface area (Å²) >= 11 is 6.43. The first-order chi connectivity index (χ1) is 9.60. The Morgan fingerprint density at radius 1 is 1.05 bits per heavy atom. The van der Waals surface area contributed by atoms with Gasteiger partial charge in [-0.25, -0.2) is 0 Å². The van der Waals surface area contributed by atoms with E-state index in [1.54, 1.807) is 0 Å². The number of hydrogen-bond acceptors (Lipinski definition) is 1. The molecule has 0 bridgehead atoms. The maximum atomic E-state index is 6.43. The Kier molecular flexibility index (Phi) is 5.22. The van der Waals surface area contributed by atoms with Crippen LogP contribution in [0, 0.1) is 5.92 Å². The molecule has 0 spiro atoms. The highest BCUT2D eigenvalue weighted by molar-refractivity contribution is 6.33. The molecule has 2 heteroatoms. The van der Waals surface area contributed by atoms with Crippen LogP contribution in [0.2, 0.25) is 5.02 Å². The van der Waals surface area contributed by atoms with Gasteiger partial charge in [0, 0.05) is 17.1 Å². The molecule has 20 heavy (non-hydrogen) atoms. The van der Waals surface area contributed by atoms with E-state index in [9.17, 15) is 0 Å². The predicted molar refractivity (Wildman–Crippen MR) is 88.2 cm³/mol. The van der Waals surface area contributed by atoms with Gasteiger partial charge < -0.3 is 5.32 Å². The van der Waals surface area contributed by atoms with Crippen molar-refractivity contribution in [3.8, 4) is 11.1 Å². The molecule has 2 aromatic rings. The smallest absolute Gasteiger partial charge is 0.0487 e. The van der Waals surface area contributed by atoms with Gasteiger partial charge in [-0.15, -0.1) is 0 Å². The molecule has 1 N–H and O–H groups in total. The number of benzene rings is 2. The average Bonchev–Trinajstić information content (AvgIpc) is 2.38. The predicted octanol–water partition coefficient (Wildman–Crippen LogP) is 4.92. The molecule has 0 fully saturated rings. The molecule has 0 radical (unpaired) electrons. The molecule has 0 aromatic heterocycles. The summed E-state index contributed by atoms with van der Waals surface area (Å²) in [6, 6.07) is 15.0. The minimum atomic E-state index is 0.665. The molecular formula is C18H22ClN. The number of halogens is 1. The van der Waals surface area contributed by atoms with Crippen LogP contribution in [0.15, 0.2) is 42.5 Å². The summed E-state index contributed by atoms with van der Waals surface area (Å²) in [5.74, 6) is 0.665. The molecule has 0 aliphatic rings. The van der Waals surface area contributed by atoms with Gasteiger partial charge in [-0.2, -0.15) is 0 Å². The van der Waals surface area contributed by atoms with E-state index in [-0.39, 0.29) is 0 Å². The van der Waals surface area contributed by atoms with Crippen molar-refractivity contribution >= 4 is 11.6 Å². The maximum absolute atomic E-state index is 6.43. The van der Waals surface area contributed by atoms with E-state index >= 15 is 0 Å². The van der Waals surface area contributed by atoms with E-state index in [1.807, 2.05) is 13.1 Å². The number of hydrogen-bond donors (Lipinski definition) is 1. The van der Waals surface area contributed by atoms with E-state index in [2.05, 4.69) is 55.6 Å². The first kappa shape index (κ1) is 15.1. The van der Waals surface area contributed by atoms with E-state index in [4.69, 9.17) is 11.6 Å². The van der Waals surface area contributed by atoms with Crippen LogP contribution in [-0.4, -0.2) is 7.05 Å². The largest absolute Gasteiger partial charge is 0.316 e. The molecule has 0 saturated heterocycles. The molecular weight excluding hydrogens is 266 g/mol. The van der Waals surface area contributed by atoms with Crippen molar-refractivity contribution in [2.45, 2.75) is 26.8 Å². The van der Waals surface area contributed by atoms with Gasteiger partial charge in [0.05, 0.1) is 0 Å². The van der Waals surface area contributed by atoms with Gasteiger partial charge in [0.2, 0.25) is 0 Å². The van der Waals surface area contributed by atoms with Gasteiger partial charge in [0.1, 0.15) is 0 Å². The maximum Gasteiger partial charge on any atom is 0.0487 e. The van der Waals surface area contributed by atoms with Crippen molar-refractivity contribution in [3.05, 3.63) is 58.6 Å². The minimum Gasteiger partial charge on any atom is -0.316 e. The van der Waals surface area contributed by atoms with Crippen molar-refractivity contribution < 1.29 is 0 Å². The summed E-state index contributed by atoms with van der Waals surface area (Å²) in [6.07, 6.45) is 1.10. The molecule has 106 valence electrons. The van der Waals surface area contributed by atoms with Crippen molar-refractivity contribution in [3.63, 3.8) is 0 Å². The van der Waals surface area contributed by atoms with E-state index in [0.29, 0.717) is 5.92 Å². The van der Waals surface area contributed by atoms with Crippen molar-refractivity contribution in [2.75, 3.05) is 7.05 Å². The molecule has 2 aromatic carbocycles. The second-order valence-corrected chi connectivity index (χ2v) is 6.05. The lowest BCUT2D eigenvalue weighted by Gasteiger charge is -2.10. The summed E-state index contributed by atoms with van der Waals surface area (Å²) in [6.45, 7) is 5.33. The van der Waals surface area contributed by atoms with E-state index in [0.717, 1.165) is 23.6 Å². The highest BCUT2D eigenvalue weighted by Crippen LogP contribution is 2.29. The van der Waals surface area contributed by atoms with Gasteiger partial charge in [-0.05, 0) is 42.1 Å². The van der Waals surface area contributed by atoms with Gasteiger partial charge in [-0.3, -0.25) is 0 Å². The van der Waals surface area contributed by atoms with Crippen LogP contribution >= 0.6 is 11.6 Å². The van der Waals surface area contributed by atoms with Crippen LogP contribution in [0.3, 0.4) is 0 Å². The van der Waals surface area contributed by atoms with Crippen molar-refractivity contribution in [1.82, 2.24) is 5.32 Å². The summed E-state index contributed by atoms with van der Waals surface area (Å²) in [5.41, 5.74) is 4.88. The Labute approximate surface area is 127 Å². The van der Waals surface area contributed by atoms with Crippen LogP contribution < -0.4 is 5.32 Å². The fourth-order valence-electron chi connectivity index (χ4n) is 2.44. The molecule has 0 amide bonds. The van der Waals surface area contributed by atoms with Crippen LogP contribution in [0.5, 0.6) is 0 Å². The van der Waals surface area contributed by atoms with Crippen molar-refractivity contribution in [2.24, 2.45) is 5.92 Å².